The number of benzene rings is 2. The summed E-state index contributed by atoms with van der Waals surface area (Å²) >= 11 is 0. The van der Waals surface area contributed by atoms with Crippen LogP contribution in [0.1, 0.15) is 49.8 Å². The summed E-state index contributed by atoms with van der Waals surface area (Å²) < 4.78 is 33.4. The highest BCUT2D eigenvalue weighted by Crippen LogP contribution is 2.15. The minimum atomic E-state index is -0.946. The minimum absolute atomic E-state index is 0.113. The molecular weight excluding hydrogens is 564 g/mol. The lowest BCUT2D eigenvalue weighted by atomic mass is 10.00. The molecule has 1 heterocycles. The molecule has 43 heavy (non-hydrogen) atoms. The van der Waals surface area contributed by atoms with Gasteiger partial charge in [-0.1, -0.05) is 38.1 Å². The van der Waals surface area contributed by atoms with E-state index in [1.165, 1.54) is 17.7 Å². The molecule has 0 aliphatic carbocycles. The standard InChI is InChI=1S/C29H41F2N3O3.2CH2O2/c1-3-12-37-26-8-10-34(11-9-26)20-29(36)33-27(16-23-14-24(30)17-25(31)15-23)28(35)19-32-18-22-7-5-6-21(4-2)13-22;2*2-1-3/h5-7,13-15,17,26-28,32,35H,3-4,8-12,16,18-20H2,1-2H3,(H,33,36);2*1H,(H,2,3)/t27-,28+;;/m0../s1. The summed E-state index contributed by atoms with van der Waals surface area (Å²) in [5, 5.41) is 30.9. The van der Waals surface area contributed by atoms with Crippen molar-refractivity contribution in [3.63, 3.8) is 0 Å². The van der Waals surface area contributed by atoms with Gasteiger partial charge in [0.25, 0.3) is 12.9 Å². The molecule has 0 bridgehead atoms. The van der Waals surface area contributed by atoms with Crippen molar-refractivity contribution in [1.29, 1.82) is 0 Å². The maximum absolute atomic E-state index is 13.8. The number of carbonyl (C=O) groups is 3. The van der Waals surface area contributed by atoms with Crippen LogP contribution in [0.5, 0.6) is 0 Å². The van der Waals surface area contributed by atoms with E-state index in [-0.39, 0.29) is 44.5 Å². The summed E-state index contributed by atoms with van der Waals surface area (Å²) in [6.07, 6.45) is 3.09. The van der Waals surface area contributed by atoms with Crippen LogP contribution in [0, 0.1) is 11.6 Å². The second kappa shape index (κ2) is 22.1. The first-order valence-electron chi connectivity index (χ1n) is 14.4. The van der Waals surface area contributed by atoms with E-state index >= 15 is 0 Å². The molecule has 0 unspecified atom stereocenters. The average molecular weight is 610 g/mol. The Hall–Kier alpha value is -3.45. The van der Waals surface area contributed by atoms with E-state index in [0.717, 1.165) is 57.0 Å². The van der Waals surface area contributed by atoms with Gasteiger partial charge in [-0.05, 0) is 60.9 Å². The molecule has 2 aromatic carbocycles. The van der Waals surface area contributed by atoms with E-state index in [1.807, 2.05) is 12.1 Å². The lowest BCUT2D eigenvalue weighted by molar-refractivity contribution is -0.125. The molecule has 240 valence electrons. The van der Waals surface area contributed by atoms with Gasteiger partial charge >= 0.3 is 0 Å². The Morgan fingerprint density at radius 3 is 2.21 bits per heavy atom. The van der Waals surface area contributed by atoms with Gasteiger partial charge in [-0.15, -0.1) is 0 Å². The van der Waals surface area contributed by atoms with E-state index in [1.54, 1.807) is 0 Å². The third-order valence-corrected chi connectivity index (χ3v) is 6.73. The lowest BCUT2D eigenvalue weighted by Crippen LogP contribution is -2.52. The smallest absolute Gasteiger partial charge is 0.290 e. The van der Waals surface area contributed by atoms with Crippen LogP contribution in [0.25, 0.3) is 0 Å². The second-order valence-corrected chi connectivity index (χ2v) is 10.1. The fraction of sp³-hybridized carbons (Fsp3) is 0.516. The Balaban J connectivity index is 0.00000142. The number of likely N-dealkylation sites (tertiary alicyclic amines) is 1. The van der Waals surface area contributed by atoms with Gasteiger partial charge in [0.1, 0.15) is 11.6 Å². The van der Waals surface area contributed by atoms with Gasteiger partial charge in [-0.3, -0.25) is 19.3 Å². The van der Waals surface area contributed by atoms with Crippen molar-refractivity contribution >= 4 is 18.9 Å². The van der Waals surface area contributed by atoms with Crippen LogP contribution in [-0.4, -0.2) is 90.1 Å². The van der Waals surface area contributed by atoms with Gasteiger partial charge in [-0.25, -0.2) is 8.78 Å². The quantitative estimate of drug-likeness (QED) is 0.204. The molecule has 1 saturated heterocycles. The molecule has 10 nitrogen and oxygen atoms in total. The Kier molecular flexibility index (Phi) is 19.3. The van der Waals surface area contributed by atoms with Gasteiger partial charge in [0.05, 0.1) is 24.8 Å². The number of nitrogens with one attached hydrogen (secondary N) is 2. The molecule has 0 saturated carbocycles. The number of aryl methyl sites for hydroxylation is 1. The van der Waals surface area contributed by atoms with Crippen molar-refractivity contribution in [1.82, 2.24) is 15.5 Å². The van der Waals surface area contributed by atoms with E-state index in [9.17, 15) is 18.7 Å². The number of ether oxygens (including phenoxy) is 1. The molecule has 0 aromatic heterocycles. The van der Waals surface area contributed by atoms with Gasteiger partial charge in [0, 0.05) is 38.9 Å². The van der Waals surface area contributed by atoms with Crippen molar-refractivity contribution in [2.45, 2.75) is 70.7 Å². The molecule has 1 aliphatic rings. The van der Waals surface area contributed by atoms with Crippen molar-refractivity contribution in [2.75, 3.05) is 32.8 Å². The summed E-state index contributed by atoms with van der Waals surface area (Å²) in [6, 6.07) is 10.8. The zero-order chi connectivity index (χ0) is 32.0. The highest BCUT2D eigenvalue weighted by molar-refractivity contribution is 5.78. The number of aliphatic hydroxyl groups excluding tert-OH is 1. The molecule has 0 radical (unpaired) electrons. The Morgan fingerprint density at radius 1 is 1.02 bits per heavy atom. The number of halogens is 2. The summed E-state index contributed by atoms with van der Waals surface area (Å²) in [5.74, 6) is -1.59. The highest BCUT2D eigenvalue weighted by Gasteiger charge is 2.25. The van der Waals surface area contributed by atoms with Gasteiger partial charge in [0.2, 0.25) is 5.91 Å². The molecule has 3 rings (SSSR count). The average Bonchev–Trinajstić information content (AvgIpc) is 2.97. The van der Waals surface area contributed by atoms with Crippen LogP contribution in [0.3, 0.4) is 0 Å². The predicted octanol–water partition coefficient (Wildman–Crippen LogP) is 3.00. The van der Waals surface area contributed by atoms with Crippen molar-refractivity contribution in [3.8, 4) is 0 Å². The molecule has 1 amide bonds. The van der Waals surface area contributed by atoms with Gasteiger partial charge in [0.15, 0.2) is 0 Å². The first-order chi connectivity index (χ1) is 20.7. The molecule has 1 aliphatic heterocycles. The van der Waals surface area contributed by atoms with E-state index in [4.69, 9.17) is 24.5 Å². The van der Waals surface area contributed by atoms with Crippen molar-refractivity contribution < 1.29 is 43.2 Å². The lowest BCUT2D eigenvalue weighted by Gasteiger charge is -2.32. The molecule has 0 spiro atoms. The SMILES string of the molecule is CCCOC1CCN(CC(=O)N[C@@H](Cc2cc(F)cc(F)c2)[C@H](O)CNCc2cccc(CC)c2)CC1.O=CO.O=CO. The molecule has 1 fully saturated rings. The summed E-state index contributed by atoms with van der Waals surface area (Å²) in [6.45, 7) is 6.96. The number of hydrogen-bond acceptors (Lipinski definition) is 7. The number of carboxylic acid groups (broad SMARTS) is 2. The molecule has 2 aromatic rings. The first kappa shape index (κ1) is 37.6. The first-order valence-corrected chi connectivity index (χ1v) is 14.4. The number of amides is 1. The topological polar surface area (TPSA) is 148 Å². The maximum atomic E-state index is 13.8. The third-order valence-electron chi connectivity index (χ3n) is 6.73. The van der Waals surface area contributed by atoms with Crippen LogP contribution in [-0.2, 0) is 38.5 Å². The molecule has 2 atom stereocenters. The number of hydrogen-bond donors (Lipinski definition) is 5. The molecule has 5 N–H and O–H groups in total. The minimum Gasteiger partial charge on any atom is -0.483 e. The third kappa shape index (κ3) is 16.1. The van der Waals surface area contributed by atoms with Gasteiger partial charge in [-0.2, -0.15) is 0 Å². The second-order valence-electron chi connectivity index (χ2n) is 10.1. The van der Waals surface area contributed by atoms with Crippen LogP contribution in [0.2, 0.25) is 0 Å². The van der Waals surface area contributed by atoms with E-state index < -0.39 is 23.8 Å². The largest absolute Gasteiger partial charge is 0.483 e. The van der Waals surface area contributed by atoms with Gasteiger partial charge < -0.3 is 30.7 Å². The number of nitrogens with zero attached hydrogens (tertiary/aromatic N) is 1. The monoisotopic (exact) mass is 609 g/mol. The summed E-state index contributed by atoms with van der Waals surface area (Å²) in [4.78, 5) is 31.7. The predicted molar refractivity (Wildman–Crippen MR) is 159 cm³/mol. The Morgan fingerprint density at radius 2 is 1.63 bits per heavy atom. The zero-order valence-electron chi connectivity index (χ0n) is 24.9. The zero-order valence-corrected chi connectivity index (χ0v) is 24.9. The number of carbonyl (C=O) groups excluding carboxylic acids is 1. The Bertz CT molecular complexity index is 1060. The van der Waals surface area contributed by atoms with E-state index in [0.29, 0.717) is 12.1 Å². The molecule has 12 heteroatoms. The van der Waals surface area contributed by atoms with Crippen LogP contribution < -0.4 is 10.6 Å². The van der Waals surface area contributed by atoms with Crippen molar-refractivity contribution in [3.05, 3.63) is 70.8 Å². The number of rotatable bonds is 14. The number of aliphatic hydroxyl groups is 1. The molecular formula is C31H45F2N3O7. The van der Waals surface area contributed by atoms with E-state index in [2.05, 4.69) is 41.5 Å². The summed E-state index contributed by atoms with van der Waals surface area (Å²) in [7, 11) is 0. The van der Waals surface area contributed by atoms with Crippen LogP contribution in [0.4, 0.5) is 8.78 Å². The fourth-order valence-electron chi connectivity index (χ4n) is 4.71. The number of piperidine rings is 1. The van der Waals surface area contributed by atoms with Crippen LogP contribution >= 0.6 is 0 Å². The maximum Gasteiger partial charge on any atom is 0.290 e. The highest BCUT2D eigenvalue weighted by atomic mass is 19.1. The van der Waals surface area contributed by atoms with Crippen LogP contribution in [0.15, 0.2) is 42.5 Å². The fourth-order valence-corrected chi connectivity index (χ4v) is 4.71. The Labute approximate surface area is 252 Å². The summed E-state index contributed by atoms with van der Waals surface area (Å²) in [5.41, 5.74) is 2.72. The van der Waals surface area contributed by atoms with Crippen molar-refractivity contribution in [2.24, 2.45) is 0 Å². The normalized spacial score (nSPS) is 14.7.